The van der Waals surface area contributed by atoms with Crippen molar-refractivity contribution in [3.8, 4) is 0 Å². The number of hydrogen-bond acceptors (Lipinski definition) is 5. The maximum absolute atomic E-state index is 12.5. The third-order valence-electron chi connectivity index (χ3n) is 3.71. The summed E-state index contributed by atoms with van der Waals surface area (Å²) in [5, 5.41) is 0. The SMILES string of the molecule is Cc1cc(C(=O)N2CCN(c3cnccn3)CC2)c(C)o1. The molecule has 110 valence electrons. The summed E-state index contributed by atoms with van der Waals surface area (Å²) >= 11 is 0. The smallest absolute Gasteiger partial charge is 0.257 e. The molecule has 0 spiro atoms. The molecule has 3 rings (SSSR count). The van der Waals surface area contributed by atoms with Gasteiger partial charge in [0.1, 0.15) is 17.3 Å². The highest BCUT2D eigenvalue weighted by Crippen LogP contribution is 2.18. The van der Waals surface area contributed by atoms with E-state index < -0.39 is 0 Å². The summed E-state index contributed by atoms with van der Waals surface area (Å²) in [6.07, 6.45) is 5.10. The van der Waals surface area contributed by atoms with E-state index in [-0.39, 0.29) is 5.91 Å². The predicted octanol–water partition coefficient (Wildman–Crippen LogP) is 1.65. The molecule has 0 bridgehead atoms. The highest BCUT2D eigenvalue weighted by molar-refractivity contribution is 5.95. The molecule has 21 heavy (non-hydrogen) atoms. The molecular weight excluding hydrogens is 268 g/mol. The molecule has 0 radical (unpaired) electrons. The van der Waals surface area contributed by atoms with Crippen LogP contribution in [0.15, 0.2) is 29.1 Å². The number of aromatic nitrogens is 2. The number of piperazine rings is 1. The van der Waals surface area contributed by atoms with E-state index in [9.17, 15) is 4.79 Å². The molecule has 0 atom stereocenters. The first-order chi connectivity index (χ1) is 10.1. The average molecular weight is 286 g/mol. The van der Waals surface area contributed by atoms with E-state index in [4.69, 9.17) is 4.42 Å². The van der Waals surface area contributed by atoms with Crippen molar-refractivity contribution < 1.29 is 9.21 Å². The molecule has 3 heterocycles. The Bertz CT molecular complexity index is 630. The van der Waals surface area contributed by atoms with Gasteiger partial charge in [0.25, 0.3) is 5.91 Å². The van der Waals surface area contributed by atoms with Crippen molar-refractivity contribution in [3.63, 3.8) is 0 Å². The number of carbonyl (C=O) groups is 1. The molecule has 0 unspecified atom stereocenters. The summed E-state index contributed by atoms with van der Waals surface area (Å²) in [4.78, 5) is 24.9. The van der Waals surface area contributed by atoms with E-state index in [0.29, 0.717) is 24.4 Å². The number of carbonyl (C=O) groups excluding carboxylic acids is 1. The molecular formula is C15H18N4O2. The Morgan fingerprint density at radius 3 is 2.52 bits per heavy atom. The number of aryl methyl sites for hydroxylation is 2. The topological polar surface area (TPSA) is 62.5 Å². The van der Waals surface area contributed by atoms with Gasteiger partial charge in [0.15, 0.2) is 0 Å². The molecule has 2 aromatic heterocycles. The Morgan fingerprint density at radius 1 is 1.19 bits per heavy atom. The third-order valence-corrected chi connectivity index (χ3v) is 3.71. The van der Waals surface area contributed by atoms with Crippen LogP contribution in [0.5, 0.6) is 0 Å². The quantitative estimate of drug-likeness (QED) is 0.840. The van der Waals surface area contributed by atoms with Gasteiger partial charge in [0.2, 0.25) is 0 Å². The largest absolute Gasteiger partial charge is 0.466 e. The van der Waals surface area contributed by atoms with Crippen molar-refractivity contribution in [2.75, 3.05) is 31.1 Å². The van der Waals surface area contributed by atoms with E-state index in [1.807, 2.05) is 24.8 Å². The lowest BCUT2D eigenvalue weighted by Crippen LogP contribution is -2.49. The van der Waals surface area contributed by atoms with Gasteiger partial charge >= 0.3 is 0 Å². The molecule has 1 amide bonds. The van der Waals surface area contributed by atoms with Crippen molar-refractivity contribution in [2.24, 2.45) is 0 Å². The Hall–Kier alpha value is -2.37. The van der Waals surface area contributed by atoms with Crippen LogP contribution in [0.4, 0.5) is 5.82 Å². The highest BCUT2D eigenvalue weighted by Gasteiger charge is 2.25. The molecule has 0 saturated carbocycles. The summed E-state index contributed by atoms with van der Waals surface area (Å²) in [5.41, 5.74) is 0.667. The maximum atomic E-state index is 12.5. The second-order valence-corrected chi connectivity index (χ2v) is 5.17. The van der Waals surface area contributed by atoms with Gasteiger partial charge in [0, 0.05) is 38.6 Å². The van der Waals surface area contributed by atoms with Gasteiger partial charge < -0.3 is 14.2 Å². The Kier molecular flexibility index (Phi) is 3.60. The van der Waals surface area contributed by atoms with Gasteiger partial charge in [-0.05, 0) is 19.9 Å². The van der Waals surface area contributed by atoms with Crippen LogP contribution in [-0.4, -0.2) is 47.0 Å². The second-order valence-electron chi connectivity index (χ2n) is 5.17. The zero-order chi connectivity index (χ0) is 14.8. The van der Waals surface area contributed by atoms with Crippen LogP contribution in [0.1, 0.15) is 21.9 Å². The first kappa shape index (κ1) is 13.6. The minimum atomic E-state index is 0.0446. The Labute approximate surface area is 123 Å². The van der Waals surface area contributed by atoms with Gasteiger partial charge in [0.05, 0.1) is 11.8 Å². The number of anilines is 1. The maximum Gasteiger partial charge on any atom is 0.257 e. The van der Waals surface area contributed by atoms with Crippen molar-refractivity contribution in [3.05, 3.63) is 41.7 Å². The van der Waals surface area contributed by atoms with Crippen LogP contribution in [-0.2, 0) is 0 Å². The lowest BCUT2D eigenvalue weighted by molar-refractivity contribution is 0.0744. The third kappa shape index (κ3) is 2.74. The average Bonchev–Trinajstić information content (AvgIpc) is 2.86. The number of nitrogens with zero attached hydrogens (tertiary/aromatic N) is 4. The van der Waals surface area contributed by atoms with Crippen molar-refractivity contribution >= 4 is 11.7 Å². The predicted molar refractivity (Wildman–Crippen MR) is 78.3 cm³/mol. The lowest BCUT2D eigenvalue weighted by Gasteiger charge is -2.35. The lowest BCUT2D eigenvalue weighted by atomic mass is 10.2. The van der Waals surface area contributed by atoms with Crippen LogP contribution in [0.25, 0.3) is 0 Å². The van der Waals surface area contributed by atoms with Crippen LogP contribution in [0, 0.1) is 13.8 Å². The molecule has 1 aliphatic heterocycles. The first-order valence-electron chi connectivity index (χ1n) is 7.02. The Balaban J connectivity index is 1.66. The number of furan rings is 1. The number of hydrogen-bond donors (Lipinski definition) is 0. The fourth-order valence-electron chi connectivity index (χ4n) is 2.61. The van der Waals surface area contributed by atoms with Gasteiger partial charge in [-0.15, -0.1) is 0 Å². The van der Waals surface area contributed by atoms with Gasteiger partial charge in [-0.25, -0.2) is 4.98 Å². The van der Waals surface area contributed by atoms with Crippen LogP contribution >= 0.6 is 0 Å². The molecule has 1 saturated heterocycles. The molecule has 1 aliphatic rings. The summed E-state index contributed by atoms with van der Waals surface area (Å²) in [6.45, 7) is 6.57. The molecule has 0 N–H and O–H groups in total. The van der Waals surface area contributed by atoms with E-state index in [2.05, 4.69) is 14.9 Å². The molecule has 6 nitrogen and oxygen atoms in total. The summed E-state index contributed by atoms with van der Waals surface area (Å²) in [6, 6.07) is 1.81. The minimum Gasteiger partial charge on any atom is -0.466 e. The fraction of sp³-hybridized carbons (Fsp3) is 0.400. The molecule has 0 aromatic carbocycles. The van der Waals surface area contributed by atoms with E-state index in [1.165, 1.54) is 0 Å². The highest BCUT2D eigenvalue weighted by atomic mass is 16.3. The van der Waals surface area contributed by atoms with Crippen LogP contribution < -0.4 is 4.90 Å². The summed E-state index contributed by atoms with van der Waals surface area (Å²) in [5.74, 6) is 2.37. The molecule has 6 heteroatoms. The summed E-state index contributed by atoms with van der Waals surface area (Å²) < 4.78 is 5.44. The van der Waals surface area contributed by atoms with Crippen molar-refractivity contribution in [2.45, 2.75) is 13.8 Å². The van der Waals surface area contributed by atoms with Crippen molar-refractivity contribution in [1.82, 2.24) is 14.9 Å². The molecule has 0 aliphatic carbocycles. The van der Waals surface area contributed by atoms with E-state index in [1.54, 1.807) is 18.6 Å². The zero-order valence-electron chi connectivity index (χ0n) is 12.2. The fourth-order valence-corrected chi connectivity index (χ4v) is 2.61. The van der Waals surface area contributed by atoms with Crippen LogP contribution in [0.3, 0.4) is 0 Å². The van der Waals surface area contributed by atoms with Gasteiger partial charge in [-0.1, -0.05) is 0 Å². The van der Waals surface area contributed by atoms with Crippen molar-refractivity contribution in [1.29, 1.82) is 0 Å². The van der Waals surface area contributed by atoms with Gasteiger partial charge in [-0.3, -0.25) is 9.78 Å². The van der Waals surface area contributed by atoms with Crippen LogP contribution in [0.2, 0.25) is 0 Å². The number of rotatable bonds is 2. The molecule has 2 aromatic rings. The summed E-state index contributed by atoms with van der Waals surface area (Å²) in [7, 11) is 0. The van der Waals surface area contributed by atoms with E-state index in [0.717, 1.165) is 24.7 Å². The number of amides is 1. The van der Waals surface area contributed by atoms with E-state index >= 15 is 0 Å². The minimum absolute atomic E-state index is 0.0446. The second kappa shape index (κ2) is 5.55. The Morgan fingerprint density at radius 2 is 1.95 bits per heavy atom. The normalized spacial score (nSPS) is 15.3. The van der Waals surface area contributed by atoms with Gasteiger partial charge in [-0.2, -0.15) is 0 Å². The zero-order valence-corrected chi connectivity index (χ0v) is 12.2. The first-order valence-corrected chi connectivity index (χ1v) is 7.02. The monoisotopic (exact) mass is 286 g/mol. The standard InChI is InChI=1S/C15H18N4O2/c1-11-9-13(12(2)21-11)15(20)19-7-5-18(6-8-19)14-10-16-3-4-17-14/h3-4,9-10H,5-8H2,1-2H3. The molecule has 1 fully saturated rings.